The van der Waals surface area contributed by atoms with Gasteiger partial charge in [0.05, 0.1) is 28.5 Å². The molecule has 0 aliphatic heterocycles. The van der Waals surface area contributed by atoms with Crippen LogP contribution >= 0.6 is 11.6 Å². The zero-order valence-corrected chi connectivity index (χ0v) is 12.4. The van der Waals surface area contributed by atoms with Crippen molar-refractivity contribution in [1.29, 1.82) is 5.26 Å². The Morgan fingerprint density at radius 3 is 2.81 bits per heavy atom. The zero-order chi connectivity index (χ0) is 14.8. The topological polar surface area (TPSA) is 41.6 Å². The summed E-state index contributed by atoms with van der Waals surface area (Å²) < 4.78 is 2.03. The molecule has 3 nitrogen and oxygen atoms in total. The van der Waals surface area contributed by atoms with Crippen molar-refractivity contribution in [2.45, 2.75) is 19.2 Å². The highest BCUT2D eigenvalue weighted by atomic mass is 35.5. The van der Waals surface area contributed by atoms with Crippen molar-refractivity contribution >= 4 is 22.6 Å². The molecule has 0 atom stereocenters. The fraction of sp³-hybridized carbons (Fsp3) is 0.176. The monoisotopic (exact) mass is 295 g/mol. The maximum Gasteiger partial charge on any atom is 0.129 e. The van der Waals surface area contributed by atoms with Crippen molar-refractivity contribution in [3.8, 4) is 11.8 Å². The molecule has 0 amide bonds. The fourth-order valence-electron chi connectivity index (χ4n) is 2.49. The van der Waals surface area contributed by atoms with Crippen LogP contribution < -0.4 is 0 Å². The Balaban J connectivity index is 2.30. The van der Waals surface area contributed by atoms with Crippen LogP contribution in [-0.4, -0.2) is 9.55 Å². The van der Waals surface area contributed by atoms with Gasteiger partial charge in [-0.3, -0.25) is 4.57 Å². The van der Waals surface area contributed by atoms with Crippen LogP contribution in [0.2, 0.25) is 0 Å². The molecule has 3 rings (SSSR count). The number of aromatic nitrogens is 2. The minimum absolute atomic E-state index is 0.326. The van der Waals surface area contributed by atoms with E-state index in [0.717, 1.165) is 29.0 Å². The Bertz CT molecular complexity index is 843. The number of hydrogen-bond acceptors (Lipinski definition) is 2. The van der Waals surface area contributed by atoms with Crippen LogP contribution in [0.25, 0.3) is 16.7 Å². The van der Waals surface area contributed by atoms with Gasteiger partial charge in [0.25, 0.3) is 0 Å². The van der Waals surface area contributed by atoms with E-state index in [4.69, 9.17) is 16.9 Å². The third-order valence-electron chi connectivity index (χ3n) is 3.55. The summed E-state index contributed by atoms with van der Waals surface area (Å²) in [4.78, 5) is 4.56. The quantitative estimate of drug-likeness (QED) is 0.680. The second kappa shape index (κ2) is 5.59. The van der Waals surface area contributed by atoms with Gasteiger partial charge in [0.2, 0.25) is 0 Å². The van der Waals surface area contributed by atoms with Crippen molar-refractivity contribution < 1.29 is 0 Å². The lowest BCUT2D eigenvalue weighted by atomic mass is 10.1. The molecule has 0 aliphatic rings. The Morgan fingerprint density at radius 1 is 1.24 bits per heavy atom. The van der Waals surface area contributed by atoms with Gasteiger partial charge < -0.3 is 0 Å². The molecule has 0 fully saturated rings. The molecule has 1 heterocycles. The van der Waals surface area contributed by atoms with Gasteiger partial charge in [0.15, 0.2) is 0 Å². The van der Waals surface area contributed by atoms with Crippen molar-refractivity contribution in [2.75, 3.05) is 0 Å². The van der Waals surface area contributed by atoms with Gasteiger partial charge in [-0.25, -0.2) is 4.98 Å². The predicted octanol–water partition coefficient (Wildman–Crippen LogP) is 4.20. The standard InChI is InChI=1S/C17H14ClN3/c1-2-12-4-3-5-14(8-12)21-16-9-13(11-19)6-7-15(16)20-17(21)10-18/h3-9H,2,10H2,1H3. The van der Waals surface area contributed by atoms with Crippen molar-refractivity contribution in [3.05, 3.63) is 59.4 Å². The molecular weight excluding hydrogens is 282 g/mol. The van der Waals surface area contributed by atoms with E-state index in [1.807, 2.05) is 28.8 Å². The van der Waals surface area contributed by atoms with Gasteiger partial charge in [0.1, 0.15) is 5.82 Å². The first-order valence-corrected chi connectivity index (χ1v) is 7.37. The lowest BCUT2D eigenvalue weighted by molar-refractivity contribution is 0.975. The first-order chi connectivity index (χ1) is 10.3. The molecule has 0 unspecified atom stereocenters. The van der Waals surface area contributed by atoms with Crippen LogP contribution in [0.3, 0.4) is 0 Å². The number of nitrogens with zero attached hydrogens (tertiary/aromatic N) is 3. The lowest BCUT2D eigenvalue weighted by Crippen LogP contribution is -2.00. The number of halogens is 1. The van der Waals surface area contributed by atoms with E-state index in [1.165, 1.54) is 5.56 Å². The van der Waals surface area contributed by atoms with Crippen molar-refractivity contribution in [1.82, 2.24) is 9.55 Å². The first kappa shape index (κ1) is 13.7. The number of rotatable bonds is 3. The number of hydrogen-bond donors (Lipinski definition) is 0. The van der Waals surface area contributed by atoms with Gasteiger partial charge in [0, 0.05) is 5.69 Å². The van der Waals surface area contributed by atoms with E-state index in [2.05, 4.69) is 30.1 Å². The van der Waals surface area contributed by atoms with Gasteiger partial charge in [-0.05, 0) is 42.3 Å². The highest BCUT2D eigenvalue weighted by Gasteiger charge is 2.12. The number of nitriles is 1. The van der Waals surface area contributed by atoms with Gasteiger partial charge in [-0.2, -0.15) is 5.26 Å². The average Bonchev–Trinajstić information content (AvgIpc) is 2.92. The Labute approximate surface area is 128 Å². The van der Waals surface area contributed by atoms with E-state index in [9.17, 15) is 0 Å². The van der Waals surface area contributed by atoms with E-state index in [0.29, 0.717) is 11.4 Å². The van der Waals surface area contributed by atoms with Crippen molar-refractivity contribution in [2.24, 2.45) is 0 Å². The molecule has 0 saturated heterocycles. The molecule has 1 aromatic heterocycles. The number of imidazole rings is 1. The minimum atomic E-state index is 0.326. The highest BCUT2D eigenvalue weighted by Crippen LogP contribution is 2.24. The van der Waals surface area contributed by atoms with Gasteiger partial charge in [-0.15, -0.1) is 11.6 Å². The minimum Gasteiger partial charge on any atom is -0.295 e. The summed E-state index contributed by atoms with van der Waals surface area (Å²) in [5.74, 6) is 1.11. The highest BCUT2D eigenvalue weighted by molar-refractivity contribution is 6.17. The SMILES string of the molecule is CCc1cccc(-n2c(CCl)nc3ccc(C#N)cc32)c1. The lowest BCUT2D eigenvalue weighted by Gasteiger charge is -2.09. The summed E-state index contributed by atoms with van der Waals surface area (Å²) in [5.41, 5.74) is 4.68. The van der Waals surface area contributed by atoms with Crippen LogP contribution in [0.5, 0.6) is 0 Å². The smallest absolute Gasteiger partial charge is 0.129 e. The van der Waals surface area contributed by atoms with E-state index in [1.54, 1.807) is 6.07 Å². The fourth-order valence-corrected chi connectivity index (χ4v) is 2.67. The molecule has 21 heavy (non-hydrogen) atoms. The molecular formula is C17H14ClN3. The number of aryl methyl sites for hydroxylation is 1. The largest absolute Gasteiger partial charge is 0.295 e. The normalized spacial score (nSPS) is 10.7. The Morgan fingerprint density at radius 2 is 2.10 bits per heavy atom. The number of benzene rings is 2. The molecule has 0 aliphatic carbocycles. The molecule has 0 bridgehead atoms. The Kier molecular flexibility index (Phi) is 3.64. The first-order valence-electron chi connectivity index (χ1n) is 6.83. The zero-order valence-electron chi connectivity index (χ0n) is 11.7. The van der Waals surface area contributed by atoms with E-state index >= 15 is 0 Å². The third kappa shape index (κ3) is 2.39. The summed E-state index contributed by atoms with van der Waals surface area (Å²) in [6.07, 6.45) is 0.972. The third-order valence-corrected chi connectivity index (χ3v) is 3.79. The maximum absolute atomic E-state index is 9.10. The summed E-state index contributed by atoms with van der Waals surface area (Å²) in [6, 6.07) is 16.0. The Hall–Kier alpha value is -2.31. The van der Waals surface area contributed by atoms with Crippen LogP contribution in [0.1, 0.15) is 23.9 Å². The van der Waals surface area contributed by atoms with E-state index < -0.39 is 0 Å². The van der Waals surface area contributed by atoms with Gasteiger partial charge in [-0.1, -0.05) is 19.1 Å². The molecule has 4 heteroatoms. The number of alkyl halides is 1. The second-order valence-corrected chi connectivity index (χ2v) is 5.10. The maximum atomic E-state index is 9.10. The van der Waals surface area contributed by atoms with Crippen LogP contribution in [0.15, 0.2) is 42.5 Å². The summed E-state index contributed by atoms with van der Waals surface area (Å²) in [5, 5.41) is 9.10. The molecule has 0 saturated carbocycles. The molecule has 3 aromatic rings. The molecule has 0 spiro atoms. The van der Waals surface area contributed by atoms with Crippen LogP contribution in [-0.2, 0) is 12.3 Å². The van der Waals surface area contributed by atoms with Gasteiger partial charge >= 0.3 is 0 Å². The molecule has 2 aromatic carbocycles. The summed E-state index contributed by atoms with van der Waals surface area (Å²) >= 11 is 6.05. The summed E-state index contributed by atoms with van der Waals surface area (Å²) in [6.45, 7) is 2.13. The molecule has 0 N–H and O–H groups in total. The number of fused-ring (bicyclic) bond motifs is 1. The average molecular weight is 296 g/mol. The van der Waals surface area contributed by atoms with E-state index in [-0.39, 0.29) is 0 Å². The van der Waals surface area contributed by atoms with Crippen LogP contribution in [0.4, 0.5) is 0 Å². The molecule has 104 valence electrons. The summed E-state index contributed by atoms with van der Waals surface area (Å²) in [7, 11) is 0. The predicted molar refractivity (Wildman–Crippen MR) is 84.7 cm³/mol. The second-order valence-electron chi connectivity index (χ2n) is 4.84. The molecule has 0 radical (unpaired) electrons. The van der Waals surface area contributed by atoms with Crippen molar-refractivity contribution in [3.63, 3.8) is 0 Å². The van der Waals surface area contributed by atoms with Crippen LogP contribution in [0, 0.1) is 11.3 Å².